The standard InChI is InChI=1S/C20H27FN2O5/c21-15-1-2-18-19(9-15)28-17(13-26-18)10-22-6-3-14(4-7-22)5-8-23-16(11-24)12-27-20(23)25/h1-2,9,14,16-17,24H,3-8,10-13H2. The van der Waals surface area contributed by atoms with Crippen molar-refractivity contribution in [3.63, 3.8) is 0 Å². The quantitative estimate of drug-likeness (QED) is 0.795. The minimum atomic E-state index is -0.325. The molecule has 0 aliphatic carbocycles. The van der Waals surface area contributed by atoms with Crippen LogP contribution in [0, 0.1) is 11.7 Å². The molecule has 28 heavy (non-hydrogen) atoms. The van der Waals surface area contributed by atoms with E-state index in [-0.39, 0.29) is 37.3 Å². The first-order valence-electron chi connectivity index (χ1n) is 9.98. The van der Waals surface area contributed by atoms with Gasteiger partial charge >= 0.3 is 6.09 Å². The Balaban J connectivity index is 1.20. The Morgan fingerprint density at radius 2 is 1.96 bits per heavy atom. The van der Waals surface area contributed by atoms with Crippen LogP contribution in [0.4, 0.5) is 9.18 Å². The van der Waals surface area contributed by atoms with Crippen molar-refractivity contribution in [2.75, 3.05) is 46.0 Å². The normalized spacial score (nSPS) is 25.8. The predicted molar refractivity (Wildman–Crippen MR) is 99.0 cm³/mol. The lowest BCUT2D eigenvalue weighted by Crippen LogP contribution is -2.44. The number of aliphatic hydroxyl groups excluding tert-OH is 1. The van der Waals surface area contributed by atoms with Gasteiger partial charge in [-0.25, -0.2) is 9.18 Å². The van der Waals surface area contributed by atoms with Crippen molar-refractivity contribution < 1.29 is 28.5 Å². The second-order valence-electron chi connectivity index (χ2n) is 7.78. The van der Waals surface area contributed by atoms with Crippen LogP contribution in [-0.4, -0.2) is 79.1 Å². The Hall–Kier alpha value is -2.06. The van der Waals surface area contributed by atoms with Crippen molar-refractivity contribution >= 4 is 6.09 Å². The molecule has 7 nitrogen and oxygen atoms in total. The lowest BCUT2D eigenvalue weighted by molar-refractivity contribution is 0.0461. The molecule has 8 heteroatoms. The summed E-state index contributed by atoms with van der Waals surface area (Å²) in [5.41, 5.74) is 0. The largest absolute Gasteiger partial charge is 0.486 e. The number of aliphatic hydroxyl groups is 1. The van der Waals surface area contributed by atoms with Crippen LogP contribution in [0.2, 0.25) is 0 Å². The molecule has 1 aromatic carbocycles. The molecule has 2 saturated heterocycles. The monoisotopic (exact) mass is 394 g/mol. The topological polar surface area (TPSA) is 71.5 Å². The van der Waals surface area contributed by atoms with Crippen molar-refractivity contribution in [3.8, 4) is 11.5 Å². The molecule has 0 spiro atoms. The lowest BCUT2D eigenvalue weighted by atomic mass is 9.93. The summed E-state index contributed by atoms with van der Waals surface area (Å²) in [7, 11) is 0. The van der Waals surface area contributed by atoms with E-state index in [1.54, 1.807) is 11.0 Å². The van der Waals surface area contributed by atoms with E-state index >= 15 is 0 Å². The van der Waals surface area contributed by atoms with Crippen molar-refractivity contribution in [1.82, 2.24) is 9.80 Å². The molecule has 0 saturated carbocycles. The van der Waals surface area contributed by atoms with Gasteiger partial charge in [-0.15, -0.1) is 0 Å². The number of fused-ring (bicyclic) bond motifs is 1. The maximum absolute atomic E-state index is 13.4. The number of hydrogen-bond acceptors (Lipinski definition) is 6. The average molecular weight is 394 g/mol. The van der Waals surface area contributed by atoms with E-state index < -0.39 is 0 Å². The van der Waals surface area contributed by atoms with Gasteiger partial charge in [-0.2, -0.15) is 0 Å². The van der Waals surface area contributed by atoms with Gasteiger partial charge in [-0.3, -0.25) is 9.80 Å². The molecule has 0 aromatic heterocycles. The van der Waals surface area contributed by atoms with Crippen molar-refractivity contribution in [3.05, 3.63) is 24.0 Å². The molecule has 2 fully saturated rings. The molecule has 1 amide bonds. The SMILES string of the molecule is O=C1OCC(CO)N1CCC1CCN(CC2COc3ccc(F)cc3O2)CC1. The summed E-state index contributed by atoms with van der Waals surface area (Å²) in [6.07, 6.45) is 2.63. The molecule has 1 aromatic rings. The second-order valence-corrected chi connectivity index (χ2v) is 7.78. The fourth-order valence-corrected chi connectivity index (χ4v) is 4.16. The van der Waals surface area contributed by atoms with E-state index in [4.69, 9.17) is 14.2 Å². The zero-order valence-corrected chi connectivity index (χ0v) is 15.9. The van der Waals surface area contributed by atoms with E-state index in [0.717, 1.165) is 38.9 Å². The highest BCUT2D eigenvalue weighted by Crippen LogP contribution is 2.32. The summed E-state index contributed by atoms with van der Waals surface area (Å²) in [6, 6.07) is 4.14. The third-order valence-electron chi connectivity index (χ3n) is 5.86. The number of amides is 1. The number of halogens is 1. The minimum Gasteiger partial charge on any atom is -0.486 e. The number of rotatable bonds is 6. The van der Waals surface area contributed by atoms with E-state index in [1.807, 2.05) is 0 Å². The highest BCUT2D eigenvalue weighted by Gasteiger charge is 2.33. The number of benzene rings is 1. The molecule has 2 atom stereocenters. The summed E-state index contributed by atoms with van der Waals surface area (Å²) < 4.78 is 30.0. The smallest absolute Gasteiger partial charge is 0.410 e. The van der Waals surface area contributed by atoms with Crippen LogP contribution < -0.4 is 9.47 Å². The van der Waals surface area contributed by atoms with Gasteiger partial charge in [0.2, 0.25) is 0 Å². The molecule has 0 bridgehead atoms. The number of carbonyl (C=O) groups is 1. The fraction of sp³-hybridized carbons (Fsp3) is 0.650. The number of cyclic esters (lactones) is 1. The van der Waals surface area contributed by atoms with Gasteiger partial charge in [0.25, 0.3) is 0 Å². The maximum atomic E-state index is 13.4. The second kappa shape index (κ2) is 8.53. The molecule has 0 radical (unpaired) electrons. The van der Waals surface area contributed by atoms with Crippen LogP contribution in [0.5, 0.6) is 11.5 Å². The molecule has 2 unspecified atom stereocenters. The molecule has 154 valence electrons. The van der Waals surface area contributed by atoms with Gasteiger partial charge in [-0.05, 0) is 50.4 Å². The molecule has 3 aliphatic rings. The Bertz CT molecular complexity index is 695. The van der Waals surface area contributed by atoms with Gasteiger partial charge < -0.3 is 19.3 Å². The Morgan fingerprint density at radius 1 is 1.14 bits per heavy atom. The molecule has 3 aliphatic heterocycles. The van der Waals surface area contributed by atoms with E-state index in [2.05, 4.69) is 4.90 Å². The molecular weight excluding hydrogens is 367 g/mol. The van der Waals surface area contributed by atoms with Gasteiger partial charge in [0.15, 0.2) is 11.5 Å². The van der Waals surface area contributed by atoms with Gasteiger partial charge in [0.1, 0.15) is 25.1 Å². The highest BCUT2D eigenvalue weighted by molar-refractivity contribution is 5.70. The molecular formula is C20H27FN2O5. The first-order chi connectivity index (χ1) is 13.6. The lowest BCUT2D eigenvalue weighted by Gasteiger charge is -2.36. The molecule has 1 N–H and O–H groups in total. The number of likely N-dealkylation sites (tertiary alicyclic amines) is 1. The number of nitrogens with zero attached hydrogens (tertiary/aromatic N) is 2. The Morgan fingerprint density at radius 3 is 2.75 bits per heavy atom. The highest BCUT2D eigenvalue weighted by atomic mass is 19.1. The van der Waals surface area contributed by atoms with Crippen LogP contribution in [-0.2, 0) is 4.74 Å². The third kappa shape index (κ3) is 4.33. The van der Waals surface area contributed by atoms with Gasteiger partial charge in [-0.1, -0.05) is 0 Å². The Labute approximate surface area is 164 Å². The summed E-state index contributed by atoms with van der Waals surface area (Å²) in [5.74, 6) is 1.30. The van der Waals surface area contributed by atoms with E-state index in [9.17, 15) is 14.3 Å². The van der Waals surface area contributed by atoms with Gasteiger partial charge in [0.05, 0.1) is 12.6 Å². The van der Waals surface area contributed by atoms with Crippen LogP contribution >= 0.6 is 0 Å². The van der Waals surface area contributed by atoms with Crippen LogP contribution in [0.3, 0.4) is 0 Å². The van der Waals surface area contributed by atoms with Crippen molar-refractivity contribution in [2.45, 2.75) is 31.4 Å². The number of piperidine rings is 1. The van der Waals surface area contributed by atoms with E-state index in [0.29, 0.717) is 30.6 Å². The van der Waals surface area contributed by atoms with Crippen LogP contribution in [0.25, 0.3) is 0 Å². The summed E-state index contributed by atoms with van der Waals surface area (Å²) in [6.45, 7) is 4.02. The number of hydrogen-bond donors (Lipinski definition) is 1. The third-order valence-corrected chi connectivity index (χ3v) is 5.86. The van der Waals surface area contributed by atoms with Crippen molar-refractivity contribution in [2.24, 2.45) is 5.92 Å². The predicted octanol–water partition coefficient (Wildman–Crippen LogP) is 1.88. The number of ether oxygens (including phenoxy) is 3. The van der Waals surface area contributed by atoms with E-state index in [1.165, 1.54) is 12.1 Å². The molecule has 4 rings (SSSR count). The average Bonchev–Trinajstić information content (AvgIpc) is 3.07. The Kier molecular flexibility index (Phi) is 5.87. The zero-order valence-electron chi connectivity index (χ0n) is 15.9. The fourth-order valence-electron chi connectivity index (χ4n) is 4.16. The first kappa shape index (κ1) is 19.3. The zero-order chi connectivity index (χ0) is 19.5. The maximum Gasteiger partial charge on any atom is 0.410 e. The minimum absolute atomic E-state index is 0.0549. The van der Waals surface area contributed by atoms with Gasteiger partial charge in [0, 0.05) is 19.2 Å². The summed E-state index contributed by atoms with van der Waals surface area (Å²) in [5, 5.41) is 9.33. The van der Waals surface area contributed by atoms with Crippen molar-refractivity contribution in [1.29, 1.82) is 0 Å². The number of carbonyl (C=O) groups excluding carboxylic acids is 1. The molecule has 3 heterocycles. The first-order valence-corrected chi connectivity index (χ1v) is 9.98. The summed E-state index contributed by atoms with van der Waals surface area (Å²) in [4.78, 5) is 15.7. The summed E-state index contributed by atoms with van der Waals surface area (Å²) >= 11 is 0. The van der Waals surface area contributed by atoms with Crippen LogP contribution in [0.15, 0.2) is 18.2 Å². The van der Waals surface area contributed by atoms with Crippen LogP contribution in [0.1, 0.15) is 19.3 Å².